The van der Waals surface area contributed by atoms with Crippen LogP contribution in [-0.2, 0) is 4.79 Å². The minimum Gasteiger partial charge on any atom is -0.378 e. The van der Waals surface area contributed by atoms with E-state index in [2.05, 4.69) is 39.7 Å². The van der Waals surface area contributed by atoms with Crippen molar-refractivity contribution in [3.05, 3.63) is 30.3 Å². The number of carbonyl (C=O) groups is 1. The summed E-state index contributed by atoms with van der Waals surface area (Å²) in [5.41, 5.74) is 17.5. The van der Waals surface area contributed by atoms with E-state index in [1.807, 2.05) is 18.2 Å². The molecule has 1 aliphatic heterocycles. The molecule has 0 radical (unpaired) electrons. The maximum absolute atomic E-state index is 12.4. The number of piperidine rings is 1. The van der Waals surface area contributed by atoms with Crippen LogP contribution in [0.2, 0.25) is 0 Å². The average molecular weight is 376 g/mol. The average Bonchev–Trinajstić information content (AvgIpc) is 2.66. The summed E-state index contributed by atoms with van der Waals surface area (Å²) in [5.74, 6) is -0.0721. The number of anilines is 1. The zero-order valence-corrected chi connectivity index (χ0v) is 16.2. The van der Waals surface area contributed by atoms with Gasteiger partial charge < -0.3 is 32.7 Å². The molecule has 8 nitrogen and oxygen atoms in total. The molecule has 1 heterocycles. The molecule has 1 aromatic rings. The molecule has 0 bridgehead atoms. The summed E-state index contributed by atoms with van der Waals surface area (Å²) in [5, 5.41) is 6.69. The van der Waals surface area contributed by atoms with Crippen LogP contribution in [0.3, 0.4) is 0 Å². The van der Waals surface area contributed by atoms with Crippen LogP contribution < -0.4 is 27.8 Å². The fraction of sp³-hybridized carbons (Fsp3) is 0.579. The van der Waals surface area contributed by atoms with E-state index in [0.717, 1.165) is 31.6 Å². The quantitative estimate of drug-likeness (QED) is 0.235. The Bertz CT molecular complexity index is 608. The van der Waals surface area contributed by atoms with Gasteiger partial charge in [0.05, 0.1) is 11.6 Å². The number of hydrogen-bond donors (Lipinski definition) is 5. The number of rotatable bonds is 9. The maximum atomic E-state index is 12.4. The lowest BCUT2D eigenvalue weighted by molar-refractivity contribution is -0.122. The highest BCUT2D eigenvalue weighted by Crippen LogP contribution is 2.26. The smallest absolute Gasteiger partial charge is 0.236 e. The largest absolute Gasteiger partial charge is 0.378 e. The van der Waals surface area contributed by atoms with Crippen molar-refractivity contribution in [1.82, 2.24) is 10.2 Å². The molecule has 27 heavy (non-hydrogen) atoms. The predicted octanol–water partition coefficient (Wildman–Crippen LogP) is 0.0600. The van der Waals surface area contributed by atoms with Gasteiger partial charge in [-0.2, -0.15) is 0 Å². The molecule has 1 atom stereocenters. The minimum atomic E-state index is -0.556. The highest BCUT2D eigenvalue weighted by atomic mass is 16.2. The molecule has 150 valence electrons. The number of benzene rings is 1. The molecule has 0 spiro atoms. The summed E-state index contributed by atoms with van der Waals surface area (Å²) in [6.07, 6.45) is 3.13. The Balaban J connectivity index is 1.89. The Labute approximate surface area is 161 Å². The molecule has 1 saturated heterocycles. The summed E-state index contributed by atoms with van der Waals surface area (Å²) in [6, 6.07) is 9.57. The van der Waals surface area contributed by atoms with E-state index >= 15 is 0 Å². The second kappa shape index (κ2) is 10.1. The summed E-state index contributed by atoms with van der Waals surface area (Å²) in [4.78, 5) is 18.6. The fourth-order valence-corrected chi connectivity index (χ4v) is 3.26. The number of likely N-dealkylation sites (tertiary alicyclic amines) is 1. The van der Waals surface area contributed by atoms with Gasteiger partial charge in [0.25, 0.3) is 0 Å². The number of para-hydroxylation sites is 1. The molecule has 0 aromatic heterocycles. The van der Waals surface area contributed by atoms with Gasteiger partial charge in [-0.15, -0.1) is 0 Å². The second-order valence-electron chi connectivity index (χ2n) is 7.35. The van der Waals surface area contributed by atoms with Crippen molar-refractivity contribution in [1.29, 1.82) is 0 Å². The first-order valence-electron chi connectivity index (χ1n) is 9.51. The zero-order valence-electron chi connectivity index (χ0n) is 16.2. The molecule has 1 amide bonds. The highest BCUT2D eigenvalue weighted by Gasteiger charge is 2.34. The van der Waals surface area contributed by atoms with Gasteiger partial charge in [0.1, 0.15) is 0 Å². The molecule has 1 fully saturated rings. The lowest BCUT2D eigenvalue weighted by Gasteiger charge is -2.42. The summed E-state index contributed by atoms with van der Waals surface area (Å²) in [7, 11) is 2.12. The lowest BCUT2D eigenvalue weighted by atomic mass is 9.87. The number of aliphatic imine (C=N–C) groups is 1. The third kappa shape index (κ3) is 7.07. The Kier molecular flexibility index (Phi) is 7.87. The number of hydrogen-bond acceptors (Lipinski definition) is 5. The second-order valence-corrected chi connectivity index (χ2v) is 7.35. The molecular formula is C19H33N7O. The van der Waals surface area contributed by atoms with E-state index < -0.39 is 6.04 Å². The zero-order chi connectivity index (χ0) is 19.7. The highest BCUT2D eigenvalue weighted by molar-refractivity contribution is 5.81. The number of carbonyl (C=O) groups excluding carboxylic acids is 1. The first-order valence-corrected chi connectivity index (χ1v) is 9.51. The molecule has 1 aromatic carbocycles. The third-order valence-corrected chi connectivity index (χ3v) is 5.03. The van der Waals surface area contributed by atoms with E-state index in [1.54, 1.807) is 0 Å². The SMILES string of the molecule is CN1CCC(CNC(=O)[C@@H](N)CCCN=C(N)N)(Nc2ccccc2)CC1. The van der Waals surface area contributed by atoms with Crippen molar-refractivity contribution in [2.75, 3.05) is 38.5 Å². The summed E-state index contributed by atoms with van der Waals surface area (Å²) >= 11 is 0. The van der Waals surface area contributed by atoms with Gasteiger partial charge in [-0.3, -0.25) is 9.79 Å². The van der Waals surface area contributed by atoms with Crippen LogP contribution in [0.1, 0.15) is 25.7 Å². The van der Waals surface area contributed by atoms with Gasteiger partial charge in [-0.1, -0.05) is 18.2 Å². The van der Waals surface area contributed by atoms with Crippen molar-refractivity contribution in [2.24, 2.45) is 22.2 Å². The van der Waals surface area contributed by atoms with Gasteiger partial charge in [0, 0.05) is 31.9 Å². The first-order chi connectivity index (χ1) is 12.9. The molecule has 2 rings (SSSR count). The topological polar surface area (TPSA) is 135 Å². The molecule has 8 heteroatoms. The van der Waals surface area contributed by atoms with Crippen molar-refractivity contribution in [3.63, 3.8) is 0 Å². The van der Waals surface area contributed by atoms with Crippen molar-refractivity contribution >= 4 is 17.6 Å². The van der Waals surface area contributed by atoms with Gasteiger partial charge in [-0.05, 0) is 44.9 Å². The van der Waals surface area contributed by atoms with Crippen LogP contribution >= 0.6 is 0 Å². The van der Waals surface area contributed by atoms with Crippen LogP contribution in [0.25, 0.3) is 0 Å². The Hall–Kier alpha value is -2.32. The molecule has 0 unspecified atom stereocenters. The van der Waals surface area contributed by atoms with E-state index in [9.17, 15) is 4.79 Å². The molecule has 0 saturated carbocycles. The van der Waals surface area contributed by atoms with Gasteiger partial charge >= 0.3 is 0 Å². The van der Waals surface area contributed by atoms with Crippen LogP contribution in [0, 0.1) is 0 Å². The summed E-state index contributed by atoms with van der Waals surface area (Å²) < 4.78 is 0. The molecule has 0 aliphatic carbocycles. The van der Waals surface area contributed by atoms with Gasteiger partial charge in [-0.25, -0.2) is 0 Å². The van der Waals surface area contributed by atoms with Crippen molar-refractivity contribution in [3.8, 4) is 0 Å². The van der Waals surface area contributed by atoms with E-state index in [0.29, 0.717) is 25.9 Å². The number of nitrogens with zero attached hydrogens (tertiary/aromatic N) is 2. The van der Waals surface area contributed by atoms with E-state index in [-0.39, 0.29) is 17.4 Å². The monoisotopic (exact) mass is 375 g/mol. The van der Waals surface area contributed by atoms with Gasteiger partial charge in [0.2, 0.25) is 5.91 Å². The number of nitrogens with one attached hydrogen (secondary N) is 2. The van der Waals surface area contributed by atoms with Crippen molar-refractivity contribution < 1.29 is 4.79 Å². The Morgan fingerprint density at radius 1 is 1.26 bits per heavy atom. The fourth-order valence-electron chi connectivity index (χ4n) is 3.26. The lowest BCUT2D eigenvalue weighted by Crippen LogP contribution is -2.56. The number of guanidine groups is 1. The van der Waals surface area contributed by atoms with Gasteiger partial charge in [0.15, 0.2) is 5.96 Å². The molecule has 8 N–H and O–H groups in total. The third-order valence-electron chi connectivity index (χ3n) is 5.03. The molecule has 1 aliphatic rings. The Morgan fingerprint density at radius 3 is 2.56 bits per heavy atom. The van der Waals surface area contributed by atoms with Crippen LogP contribution in [-0.4, -0.2) is 61.6 Å². The van der Waals surface area contributed by atoms with Crippen LogP contribution in [0.5, 0.6) is 0 Å². The minimum absolute atomic E-state index is 0.0595. The Morgan fingerprint density at radius 2 is 1.93 bits per heavy atom. The normalized spacial score (nSPS) is 17.7. The summed E-state index contributed by atoms with van der Waals surface area (Å²) in [6.45, 7) is 3.01. The standard InChI is InChI=1S/C19H33N7O/c1-26-12-9-19(10-13-26,25-15-6-3-2-4-7-15)14-24-17(27)16(20)8-5-11-23-18(21)22/h2-4,6-7,16,25H,5,8-14,20H2,1H3,(H,24,27)(H4,21,22,23)/t16-/m0/s1. The van der Waals surface area contributed by atoms with Crippen LogP contribution in [0.15, 0.2) is 35.3 Å². The maximum Gasteiger partial charge on any atom is 0.236 e. The number of amides is 1. The van der Waals surface area contributed by atoms with Crippen molar-refractivity contribution in [2.45, 2.75) is 37.3 Å². The first kappa shape index (κ1) is 21.0. The van der Waals surface area contributed by atoms with E-state index in [1.165, 1.54) is 0 Å². The predicted molar refractivity (Wildman–Crippen MR) is 110 cm³/mol. The van der Waals surface area contributed by atoms with Crippen LogP contribution in [0.4, 0.5) is 5.69 Å². The molecular weight excluding hydrogens is 342 g/mol. The van der Waals surface area contributed by atoms with E-state index in [4.69, 9.17) is 17.2 Å². The number of nitrogens with two attached hydrogens (primary N) is 3.